The highest BCUT2D eigenvalue weighted by atomic mass is 79.9. The van der Waals surface area contributed by atoms with Crippen molar-refractivity contribution in [2.75, 3.05) is 26.2 Å². The first-order valence-electron chi connectivity index (χ1n) is 8.59. The average molecular weight is 406 g/mol. The Morgan fingerprint density at radius 1 is 1.28 bits per heavy atom. The summed E-state index contributed by atoms with van der Waals surface area (Å²) in [6, 6.07) is 2.08. The quantitative estimate of drug-likeness (QED) is 0.831. The van der Waals surface area contributed by atoms with Gasteiger partial charge >= 0.3 is 6.03 Å². The van der Waals surface area contributed by atoms with E-state index in [4.69, 9.17) is 0 Å². The largest absolute Gasteiger partial charge is 0.338 e. The van der Waals surface area contributed by atoms with Crippen molar-refractivity contribution in [3.63, 3.8) is 0 Å². The Morgan fingerprint density at radius 2 is 2.08 bits per heavy atom. The van der Waals surface area contributed by atoms with Crippen LogP contribution in [-0.2, 0) is 0 Å². The highest BCUT2D eigenvalue weighted by Gasteiger charge is 2.31. The highest BCUT2D eigenvalue weighted by Crippen LogP contribution is 2.23. The fraction of sp³-hybridized carbons (Fsp3) is 0.471. The van der Waals surface area contributed by atoms with Crippen molar-refractivity contribution >= 4 is 33.5 Å². The molecule has 1 N–H and O–H groups in total. The van der Waals surface area contributed by atoms with Gasteiger partial charge in [-0.3, -0.25) is 4.79 Å². The lowest BCUT2D eigenvalue weighted by Gasteiger charge is -2.40. The van der Waals surface area contributed by atoms with Gasteiger partial charge in [-0.25, -0.2) is 9.78 Å². The maximum Gasteiger partial charge on any atom is 0.317 e. The van der Waals surface area contributed by atoms with Crippen molar-refractivity contribution in [1.82, 2.24) is 24.5 Å². The summed E-state index contributed by atoms with van der Waals surface area (Å²) >= 11 is 3.46. The Kier molecular flexibility index (Phi) is 4.37. The lowest BCUT2D eigenvalue weighted by molar-refractivity contribution is 0.0644. The summed E-state index contributed by atoms with van der Waals surface area (Å²) in [4.78, 5) is 33.1. The van der Waals surface area contributed by atoms with E-state index >= 15 is 0 Å². The zero-order valence-corrected chi connectivity index (χ0v) is 15.4. The predicted molar refractivity (Wildman–Crippen MR) is 96.5 cm³/mol. The van der Waals surface area contributed by atoms with Crippen LogP contribution in [0.25, 0.3) is 5.65 Å². The van der Waals surface area contributed by atoms with Gasteiger partial charge in [0.05, 0.1) is 5.56 Å². The Morgan fingerprint density at radius 3 is 2.84 bits per heavy atom. The number of halogens is 1. The van der Waals surface area contributed by atoms with Crippen LogP contribution in [-0.4, -0.2) is 63.3 Å². The van der Waals surface area contributed by atoms with Gasteiger partial charge in [-0.2, -0.15) is 0 Å². The minimum absolute atomic E-state index is 0.000884. The molecule has 0 bridgehead atoms. The van der Waals surface area contributed by atoms with E-state index in [1.165, 1.54) is 0 Å². The number of rotatable bonds is 2. The zero-order chi connectivity index (χ0) is 17.4. The number of likely N-dealkylation sites (tertiary alicyclic amines) is 1. The number of aromatic nitrogens is 2. The number of amides is 3. The van der Waals surface area contributed by atoms with Crippen LogP contribution in [0.4, 0.5) is 4.79 Å². The monoisotopic (exact) mass is 405 g/mol. The number of pyridine rings is 1. The van der Waals surface area contributed by atoms with Gasteiger partial charge < -0.3 is 19.5 Å². The number of hydrogen-bond acceptors (Lipinski definition) is 3. The van der Waals surface area contributed by atoms with Crippen molar-refractivity contribution < 1.29 is 9.59 Å². The molecule has 0 saturated carbocycles. The van der Waals surface area contributed by atoms with E-state index in [-0.39, 0.29) is 18.0 Å². The molecule has 0 aromatic carbocycles. The minimum atomic E-state index is -0.000884. The molecule has 4 heterocycles. The van der Waals surface area contributed by atoms with Gasteiger partial charge in [0.2, 0.25) is 0 Å². The maximum atomic E-state index is 13.0. The number of fused-ring (bicyclic) bond motifs is 1. The van der Waals surface area contributed by atoms with Crippen molar-refractivity contribution in [3.05, 3.63) is 34.7 Å². The molecule has 0 atom stereocenters. The highest BCUT2D eigenvalue weighted by molar-refractivity contribution is 9.10. The Hall–Kier alpha value is -2.09. The number of carbonyl (C=O) groups is 2. The number of piperidine rings is 1. The molecule has 0 radical (unpaired) electrons. The summed E-state index contributed by atoms with van der Waals surface area (Å²) in [6.07, 6.45) is 8.04. The van der Waals surface area contributed by atoms with Crippen molar-refractivity contribution in [2.24, 2.45) is 0 Å². The first kappa shape index (κ1) is 16.4. The van der Waals surface area contributed by atoms with Crippen LogP contribution in [0, 0.1) is 0 Å². The molecule has 2 fully saturated rings. The zero-order valence-electron chi connectivity index (χ0n) is 13.8. The summed E-state index contributed by atoms with van der Waals surface area (Å²) in [7, 11) is 0. The first-order chi connectivity index (χ1) is 12.1. The van der Waals surface area contributed by atoms with Gasteiger partial charge in [-0.1, -0.05) is 0 Å². The molecule has 0 aliphatic carbocycles. The number of nitrogens with one attached hydrogen (secondary N) is 1. The second-order valence-electron chi connectivity index (χ2n) is 6.53. The summed E-state index contributed by atoms with van der Waals surface area (Å²) in [6.45, 7) is 2.89. The SMILES string of the molecule is O=C(c1cc(Br)cn2ccnc12)N1CCC(N2CCCNC2=O)CC1. The number of nitrogens with zero attached hydrogens (tertiary/aromatic N) is 4. The summed E-state index contributed by atoms with van der Waals surface area (Å²) in [5, 5.41) is 2.90. The van der Waals surface area contributed by atoms with Crippen LogP contribution in [0.2, 0.25) is 0 Å². The molecule has 3 amide bonds. The van der Waals surface area contributed by atoms with Gasteiger partial charge in [0.15, 0.2) is 0 Å². The van der Waals surface area contributed by atoms with Crippen LogP contribution in [0.3, 0.4) is 0 Å². The van der Waals surface area contributed by atoms with Gasteiger partial charge in [0.25, 0.3) is 5.91 Å². The van der Waals surface area contributed by atoms with Gasteiger partial charge in [-0.15, -0.1) is 0 Å². The summed E-state index contributed by atoms with van der Waals surface area (Å²) in [5.41, 5.74) is 1.28. The van der Waals surface area contributed by atoms with E-state index in [1.807, 2.05) is 32.7 Å². The number of imidazole rings is 1. The van der Waals surface area contributed by atoms with E-state index in [2.05, 4.69) is 26.2 Å². The lowest BCUT2D eigenvalue weighted by atomic mass is 10.0. The third kappa shape index (κ3) is 3.10. The van der Waals surface area contributed by atoms with E-state index in [0.29, 0.717) is 24.3 Å². The van der Waals surface area contributed by atoms with Gasteiger partial charge in [-0.05, 0) is 41.3 Å². The van der Waals surface area contributed by atoms with E-state index in [9.17, 15) is 9.59 Å². The molecule has 0 spiro atoms. The first-order valence-corrected chi connectivity index (χ1v) is 9.39. The average Bonchev–Trinajstić information content (AvgIpc) is 3.09. The van der Waals surface area contributed by atoms with Crippen LogP contribution in [0.5, 0.6) is 0 Å². The molecule has 2 saturated heterocycles. The second-order valence-corrected chi connectivity index (χ2v) is 7.45. The topological polar surface area (TPSA) is 70.0 Å². The lowest BCUT2D eigenvalue weighted by Crippen LogP contribution is -2.54. The van der Waals surface area contributed by atoms with Crippen molar-refractivity contribution in [3.8, 4) is 0 Å². The van der Waals surface area contributed by atoms with Crippen LogP contribution in [0.15, 0.2) is 29.1 Å². The third-order valence-corrected chi connectivity index (χ3v) is 5.42. The number of hydrogen-bond donors (Lipinski definition) is 1. The van der Waals surface area contributed by atoms with E-state index in [1.54, 1.807) is 6.20 Å². The third-order valence-electron chi connectivity index (χ3n) is 4.99. The summed E-state index contributed by atoms with van der Waals surface area (Å²) < 4.78 is 2.70. The Bertz CT molecular complexity index is 812. The van der Waals surface area contributed by atoms with Crippen LogP contribution >= 0.6 is 15.9 Å². The van der Waals surface area contributed by atoms with Gasteiger partial charge in [0, 0.05) is 55.3 Å². The fourth-order valence-corrected chi connectivity index (χ4v) is 4.15. The molecule has 25 heavy (non-hydrogen) atoms. The normalized spacial score (nSPS) is 19.3. The molecule has 8 heteroatoms. The number of urea groups is 1. The van der Waals surface area contributed by atoms with E-state index in [0.717, 1.165) is 36.8 Å². The Balaban J connectivity index is 1.47. The van der Waals surface area contributed by atoms with Crippen LogP contribution < -0.4 is 5.32 Å². The van der Waals surface area contributed by atoms with Gasteiger partial charge in [0.1, 0.15) is 5.65 Å². The summed E-state index contributed by atoms with van der Waals surface area (Å²) in [5.74, 6) is -0.000884. The predicted octanol–water partition coefficient (Wildman–Crippen LogP) is 2.12. The molecule has 7 nitrogen and oxygen atoms in total. The van der Waals surface area contributed by atoms with Crippen LogP contribution in [0.1, 0.15) is 29.6 Å². The molecule has 132 valence electrons. The Labute approximate surface area is 154 Å². The van der Waals surface area contributed by atoms with Crippen molar-refractivity contribution in [2.45, 2.75) is 25.3 Å². The minimum Gasteiger partial charge on any atom is -0.338 e. The smallest absolute Gasteiger partial charge is 0.317 e. The molecule has 2 aliphatic rings. The molecule has 2 aromatic heterocycles. The standard InChI is InChI=1S/C17H20BrN5O2/c18-12-10-14(15-19-5-9-22(15)11-12)16(24)21-7-2-13(3-8-21)23-6-1-4-20-17(23)25/h5,9-11,13H,1-4,6-8H2,(H,20,25). The maximum absolute atomic E-state index is 13.0. The molecular weight excluding hydrogens is 386 g/mol. The molecule has 2 aromatic rings. The molecular formula is C17H20BrN5O2. The molecule has 4 rings (SSSR count). The van der Waals surface area contributed by atoms with Crippen molar-refractivity contribution in [1.29, 1.82) is 0 Å². The second kappa shape index (κ2) is 6.67. The van der Waals surface area contributed by atoms with E-state index < -0.39 is 0 Å². The number of carbonyl (C=O) groups excluding carboxylic acids is 2. The molecule has 0 unspecified atom stereocenters. The fourth-order valence-electron chi connectivity index (χ4n) is 3.70. The molecule has 2 aliphatic heterocycles.